The van der Waals surface area contributed by atoms with Gasteiger partial charge in [-0.1, -0.05) is 12.1 Å². The van der Waals surface area contributed by atoms with Gasteiger partial charge in [-0.15, -0.1) is 0 Å². The molecule has 0 saturated carbocycles. The summed E-state index contributed by atoms with van der Waals surface area (Å²) in [6.45, 7) is 3.79. The van der Waals surface area contributed by atoms with Crippen molar-refractivity contribution in [1.29, 1.82) is 0 Å². The van der Waals surface area contributed by atoms with Crippen molar-refractivity contribution in [2.75, 3.05) is 25.0 Å². The standard InChI is InChI=1S/C21H24N4O3/c1-15(26)22-17-8-6-16(7-9-17)18-13-19(20-5-4-12-28-20)25(23-18)21(27)14-24-10-2-3-11-24/h4-9,12,19H,2-3,10-11,13-14H2,1H3,(H,22,26)/t19-/m1/s1. The van der Waals surface area contributed by atoms with Crippen molar-refractivity contribution in [3.05, 3.63) is 54.0 Å². The molecular weight excluding hydrogens is 356 g/mol. The van der Waals surface area contributed by atoms with E-state index in [4.69, 9.17) is 4.42 Å². The summed E-state index contributed by atoms with van der Waals surface area (Å²) < 4.78 is 5.59. The van der Waals surface area contributed by atoms with Gasteiger partial charge in [-0.25, -0.2) is 5.01 Å². The SMILES string of the molecule is CC(=O)Nc1ccc(C2=NN(C(=O)CN3CCCC3)[C@@H](c3ccco3)C2)cc1. The highest BCUT2D eigenvalue weighted by Gasteiger charge is 2.35. The Hall–Kier alpha value is -2.93. The van der Waals surface area contributed by atoms with Gasteiger partial charge in [0, 0.05) is 19.0 Å². The molecule has 146 valence electrons. The van der Waals surface area contributed by atoms with Crippen LogP contribution in [-0.2, 0) is 9.59 Å². The molecule has 2 amide bonds. The van der Waals surface area contributed by atoms with E-state index in [1.807, 2.05) is 36.4 Å². The number of hydrogen-bond donors (Lipinski definition) is 1. The van der Waals surface area contributed by atoms with E-state index in [9.17, 15) is 9.59 Å². The molecule has 2 aliphatic heterocycles. The molecule has 1 aromatic heterocycles. The Bertz CT molecular complexity index is 868. The summed E-state index contributed by atoms with van der Waals surface area (Å²) in [6, 6.07) is 11.0. The van der Waals surface area contributed by atoms with Crippen LogP contribution in [0.3, 0.4) is 0 Å². The van der Waals surface area contributed by atoms with Gasteiger partial charge in [-0.2, -0.15) is 5.10 Å². The molecule has 0 unspecified atom stereocenters. The summed E-state index contributed by atoms with van der Waals surface area (Å²) in [4.78, 5) is 26.3. The Kier molecular flexibility index (Phi) is 5.25. The number of anilines is 1. The van der Waals surface area contributed by atoms with E-state index < -0.39 is 0 Å². The van der Waals surface area contributed by atoms with Crippen LogP contribution in [-0.4, -0.2) is 47.1 Å². The second-order valence-electron chi connectivity index (χ2n) is 7.26. The third-order valence-corrected chi connectivity index (χ3v) is 5.13. The van der Waals surface area contributed by atoms with Crippen LogP contribution in [0.4, 0.5) is 5.69 Å². The Balaban J connectivity index is 1.55. The van der Waals surface area contributed by atoms with E-state index in [1.54, 1.807) is 11.3 Å². The van der Waals surface area contributed by atoms with E-state index in [0.29, 0.717) is 13.0 Å². The fourth-order valence-electron chi connectivity index (χ4n) is 3.77. The molecule has 1 aromatic carbocycles. The minimum absolute atomic E-state index is 0.00633. The zero-order valence-electron chi connectivity index (χ0n) is 15.9. The minimum atomic E-state index is -0.227. The number of furan rings is 1. The smallest absolute Gasteiger partial charge is 0.257 e. The Morgan fingerprint density at radius 3 is 2.57 bits per heavy atom. The average molecular weight is 380 g/mol. The number of rotatable bonds is 5. The Labute approximate surface area is 164 Å². The molecule has 28 heavy (non-hydrogen) atoms. The van der Waals surface area contributed by atoms with Crippen LogP contribution in [0, 0.1) is 0 Å². The quantitative estimate of drug-likeness (QED) is 0.865. The maximum atomic E-state index is 12.9. The van der Waals surface area contributed by atoms with Crippen molar-refractivity contribution >= 4 is 23.2 Å². The molecule has 2 aliphatic rings. The second kappa shape index (κ2) is 7.98. The largest absolute Gasteiger partial charge is 0.467 e. The van der Waals surface area contributed by atoms with Gasteiger partial charge in [0.2, 0.25) is 5.91 Å². The van der Waals surface area contributed by atoms with Gasteiger partial charge in [0.15, 0.2) is 0 Å². The van der Waals surface area contributed by atoms with Crippen LogP contribution in [0.2, 0.25) is 0 Å². The molecule has 3 heterocycles. The van der Waals surface area contributed by atoms with Crippen molar-refractivity contribution < 1.29 is 14.0 Å². The highest BCUT2D eigenvalue weighted by Crippen LogP contribution is 2.33. The minimum Gasteiger partial charge on any atom is -0.467 e. The molecule has 7 heteroatoms. The lowest BCUT2D eigenvalue weighted by Crippen LogP contribution is -2.36. The summed E-state index contributed by atoms with van der Waals surface area (Å²) in [7, 11) is 0. The summed E-state index contributed by atoms with van der Waals surface area (Å²) >= 11 is 0. The van der Waals surface area contributed by atoms with Crippen molar-refractivity contribution in [3.63, 3.8) is 0 Å². The molecule has 2 aromatic rings. The van der Waals surface area contributed by atoms with Crippen LogP contribution in [0.1, 0.15) is 43.6 Å². The molecule has 0 spiro atoms. The van der Waals surface area contributed by atoms with E-state index in [-0.39, 0.29) is 17.9 Å². The predicted molar refractivity (Wildman–Crippen MR) is 106 cm³/mol. The molecule has 1 N–H and O–H groups in total. The first kappa shape index (κ1) is 18.4. The summed E-state index contributed by atoms with van der Waals surface area (Å²) in [5.41, 5.74) is 2.51. The number of hydrazone groups is 1. The summed E-state index contributed by atoms with van der Waals surface area (Å²) in [6.07, 6.45) is 4.51. The fraction of sp³-hybridized carbons (Fsp3) is 0.381. The lowest BCUT2D eigenvalue weighted by atomic mass is 10.0. The summed E-state index contributed by atoms with van der Waals surface area (Å²) in [5.74, 6) is 0.624. The lowest BCUT2D eigenvalue weighted by Gasteiger charge is -2.22. The number of nitrogens with zero attached hydrogens (tertiary/aromatic N) is 3. The van der Waals surface area contributed by atoms with Crippen molar-refractivity contribution in [3.8, 4) is 0 Å². The number of likely N-dealkylation sites (tertiary alicyclic amines) is 1. The molecule has 7 nitrogen and oxygen atoms in total. The first-order valence-corrected chi connectivity index (χ1v) is 9.63. The van der Waals surface area contributed by atoms with Crippen molar-refractivity contribution in [2.45, 2.75) is 32.2 Å². The molecule has 4 rings (SSSR count). The van der Waals surface area contributed by atoms with Crippen molar-refractivity contribution in [2.24, 2.45) is 5.10 Å². The van der Waals surface area contributed by atoms with Crippen LogP contribution in [0.15, 0.2) is 52.2 Å². The number of nitrogens with one attached hydrogen (secondary N) is 1. The maximum absolute atomic E-state index is 12.9. The summed E-state index contributed by atoms with van der Waals surface area (Å²) in [5, 5.41) is 8.99. The number of carbonyl (C=O) groups is 2. The van der Waals surface area contributed by atoms with Gasteiger partial charge >= 0.3 is 0 Å². The first-order valence-electron chi connectivity index (χ1n) is 9.63. The second-order valence-corrected chi connectivity index (χ2v) is 7.26. The van der Waals surface area contributed by atoms with Crippen LogP contribution in [0.25, 0.3) is 0 Å². The monoisotopic (exact) mass is 380 g/mol. The fourth-order valence-corrected chi connectivity index (χ4v) is 3.77. The number of benzene rings is 1. The van der Waals surface area contributed by atoms with Crippen LogP contribution in [0.5, 0.6) is 0 Å². The van der Waals surface area contributed by atoms with E-state index in [0.717, 1.165) is 48.7 Å². The third kappa shape index (κ3) is 3.99. The van der Waals surface area contributed by atoms with Gasteiger partial charge in [-0.05, 0) is 55.8 Å². The van der Waals surface area contributed by atoms with E-state index >= 15 is 0 Å². The molecule has 1 saturated heterocycles. The molecular formula is C21H24N4O3. The van der Waals surface area contributed by atoms with Gasteiger partial charge < -0.3 is 9.73 Å². The average Bonchev–Trinajstić information content (AvgIpc) is 3.42. The third-order valence-electron chi connectivity index (χ3n) is 5.13. The van der Waals surface area contributed by atoms with Gasteiger partial charge in [0.1, 0.15) is 11.8 Å². The molecule has 0 aliphatic carbocycles. The van der Waals surface area contributed by atoms with Gasteiger partial charge in [-0.3, -0.25) is 14.5 Å². The topological polar surface area (TPSA) is 78.2 Å². The van der Waals surface area contributed by atoms with E-state index in [2.05, 4.69) is 15.3 Å². The lowest BCUT2D eigenvalue weighted by molar-refractivity contribution is -0.134. The normalized spacial score (nSPS) is 19.7. The molecule has 0 radical (unpaired) electrons. The van der Waals surface area contributed by atoms with Crippen LogP contribution >= 0.6 is 0 Å². The van der Waals surface area contributed by atoms with Gasteiger partial charge in [0.05, 0.1) is 18.5 Å². The van der Waals surface area contributed by atoms with Crippen molar-refractivity contribution in [1.82, 2.24) is 9.91 Å². The molecule has 0 bridgehead atoms. The number of amides is 2. The molecule has 1 atom stereocenters. The zero-order chi connectivity index (χ0) is 19.5. The van der Waals surface area contributed by atoms with Crippen LogP contribution < -0.4 is 5.32 Å². The molecule has 1 fully saturated rings. The first-order chi connectivity index (χ1) is 13.6. The highest BCUT2D eigenvalue weighted by atomic mass is 16.3. The number of hydrogen-bond acceptors (Lipinski definition) is 5. The predicted octanol–water partition coefficient (Wildman–Crippen LogP) is 3.01. The maximum Gasteiger partial charge on any atom is 0.257 e. The van der Waals surface area contributed by atoms with Gasteiger partial charge in [0.25, 0.3) is 5.91 Å². The number of carbonyl (C=O) groups excluding carboxylic acids is 2. The Morgan fingerprint density at radius 2 is 1.93 bits per heavy atom. The Morgan fingerprint density at radius 1 is 1.18 bits per heavy atom. The zero-order valence-corrected chi connectivity index (χ0v) is 15.9. The van der Waals surface area contributed by atoms with E-state index in [1.165, 1.54) is 6.92 Å². The highest BCUT2D eigenvalue weighted by molar-refractivity contribution is 6.03.